The molecule has 0 aromatic carbocycles. The van der Waals surface area contributed by atoms with Crippen LogP contribution in [0.1, 0.15) is 34.1 Å². The van der Waals surface area contributed by atoms with Crippen molar-refractivity contribution in [2.45, 2.75) is 46.2 Å². The molecule has 0 aliphatic rings. The Balaban J connectivity index is 4.59. The number of carboxylic acids is 1. The number of hydrogen-bond donors (Lipinski definition) is 1. The van der Waals surface area contributed by atoms with E-state index in [9.17, 15) is 9.59 Å². The van der Waals surface area contributed by atoms with E-state index in [1.807, 2.05) is 20.8 Å². The molecule has 1 N–H and O–H groups in total. The topological polar surface area (TPSA) is 57.6 Å². The molecule has 1 unspecified atom stereocenters. The maximum Gasteiger partial charge on any atom is 0.326 e. The number of rotatable bonds is 7. The molecule has 0 saturated carbocycles. The van der Waals surface area contributed by atoms with E-state index in [0.717, 1.165) is 11.5 Å². The van der Waals surface area contributed by atoms with Gasteiger partial charge in [-0.15, -0.1) is 0 Å². The third kappa shape index (κ3) is 4.88. The Morgan fingerprint density at radius 3 is 2.25 bits per heavy atom. The summed E-state index contributed by atoms with van der Waals surface area (Å²) < 4.78 is 0. The maximum absolute atomic E-state index is 11.4. The summed E-state index contributed by atoms with van der Waals surface area (Å²) in [5.41, 5.74) is 0. The van der Waals surface area contributed by atoms with Gasteiger partial charge in [0.05, 0.1) is 0 Å². The maximum atomic E-state index is 11.4. The van der Waals surface area contributed by atoms with Crippen LogP contribution in [0.5, 0.6) is 0 Å². The van der Waals surface area contributed by atoms with Crippen LogP contribution in [0.2, 0.25) is 0 Å². The summed E-state index contributed by atoms with van der Waals surface area (Å²) in [4.78, 5) is 24.0. The van der Waals surface area contributed by atoms with E-state index >= 15 is 0 Å². The van der Waals surface area contributed by atoms with Crippen LogP contribution in [-0.4, -0.2) is 45.5 Å². The highest BCUT2D eigenvalue weighted by Gasteiger charge is 2.29. The van der Waals surface area contributed by atoms with Crippen molar-refractivity contribution in [2.75, 3.05) is 11.5 Å². The highest BCUT2D eigenvalue weighted by atomic mass is 32.2. The zero-order valence-electron chi connectivity index (χ0n) is 10.4. The van der Waals surface area contributed by atoms with Crippen molar-refractivity contribution in [3.63, 3.8) is 0 Å². The molecule has 0 aromatic rings. The Morgan fingerprint density at radius 2 is 1.94 bits per heavy atom. The van der Waals surface area contributed by atoms with Gasteiger partial charge in [0.25, 0.3) is 0 Å². The summed E-state index contributed by atoms with van der Waals surface area (Å²) in [7, 11) is 0. The second-order valence-electron chi connectivity index (χ2n) is 3.86. The molecular weight excluding hydrogens is 226 g/mol. The molecule has 0 bridgehead atoms. The lowest BCUT2D eigenvalue weighted by atomic mass is 10.1. The number of carbonyl (C=O) groups is 2. The highest BCUT2D eigenvalue weighted by Crippen LogP contribution is 2.13. The largest absolute Gasteiger partial charge is 0.480 e. The van der Waals surface area contributed by atoms with Gasteiger partial charge in [0.15, 0.2) is 0 Å². The molecule has 1 atom stereocenters. The van der Waals surface area contributed by atoms with Gasteiger partial charge in [-0.1, -0.05) is 6.92 Å². The van der Waals surface area contributed by atoms with E-state index in [4.69, 9.17) is 5.11 Å². The minimum Gasteiger partial charge on any atom is -0.480 e. The molecule has 0 rings (SSSR count). The summed E-state index contributed by atoms with van der Waals surface area (Å²) in [5.74, 6) is 0.641. The van der Waals surface area contributed by atoms with E-state index in [1.54, 1.807) is 11.8 Å². The molecule has 1 amide bonds. The first-order valence-corrected chi connectivity index (χ1v) is 6.66. The standard InChI is InChI=1S/C11H21NO3S/c1-5-16-7-6-10(11(14)15)12(8(2)3)9(4)13/h8,10H,5-7H2,1-4H3,(H,14,15). The summed E-state index contributed by atoms with van der Waals surface area (Å²) in [6.45, 7) is 7.13. The first-order valence-electron chi connectivity index (χ1n) is 5.51. The van der Waals surface area contributed by atoms with E-state index in [-0.39, 0.29) is 11.9 Å². The first-order chi connectivity index (χ1) is 7.41. The Kier molecular flexibility index (Phi) is 7.21. The molecule has 0 spiro atoms. The average Bonchev–Trinajstić information content (AvgIpc) is 2.14. The van der Waals surface area contributed by atoms with Crippen LogP contribution in [0.15, 0.2) is 0 Å². The van der Waals surface area contributed by atoms with Gasteiger partial charge < -0.3 is 10.0 Å². The van der Waals surface area contributed by atoms with Crippen molar-refractivity contribution < 1.29 is 14.7 Å². The molecule has 0 saturated heterocycles. The summed E-state index contributed by atoms with van der Waals surface area (Å²) >= 11 is 1.69. The van der Waals surface area contributed by atoms with Crippen molar-refractivity contribution in [3.05, 3.63) is 0 Å². The van der Waals surface area contributed by atoms with Crippen LogP contribution in [0.4, 0.5) is 0 Å². The normalized spacial score (nSPS) is 12.6. The third-order valence-electron chi connectivity index (χ3n) is 2.28. The lowest BCUT2D eigenvalue weighted by molar-refractivity contribution is -0.151. The molecule has 0 radical (unpaired) electrons. The van der Waals surface area contributed by atoms with Crippen molar-refractivity contribution in [1.29, 1.82) is 0 Å². The minimum absolute atomic E-state index is 0.0785. The fourth-order valence-electron chi connectivity index (χ4n) is 1.66. The molecule has 5 heteroatoms. The zero-order valence-corrected chi connectivity index (χ0v) is 11.2. The summed E-state index contributed by atoms with van der Waals surface area (Å²) in [6, 6.07) is -0.776. The van der Waals surface area contributed by atoms with Gasteiger partial charge in [-0.3, -0.25) is 4.79 Å². The minimum atomic E-state index is -0.916. The van der Waals surface area contributed by atoms with Crippen LogP contribution in [0.3, 0.4) is 0 Å². The first kappa shape index (κ1) is 15.3. The number of amides is 1. The molecule has 4 nitrogen and oxygen atoms in total. The average molecular weight is 247 g/mol. The smallest absolute Gasteiger partial charge is 0.326 e. The second-order valence-corrected chi connectivity index (χ2v) is 5.25. The molecular formula is C11H21NO3S. The van der Waals surface area contributed by atoms with Gasteiger partial charge in [-0.05, 0) is 31.8 Å². The number of carboxylic acid groups (broad SMARTS) is 1. The molecule has 0 fully saturated rings. The second kappa shape index (κ2) is 7.54. The van der Waals surface area contributed by atoms with E-state index in [2.05, 4.69) is 0 Å². The van der Waals surface area contributed by atoms with Crippen LogP contribution in [-0.2, 0) is 9.59 Å². The Hall–Kier alpha value is -0.710. The monoisotopic (exact) mass is 247 g/mol. The van der Waals surface area contributed by atoms with Gasteiger partial charge in [0, 0.05) is 13.0 Å². The molecule has 0 heterocycles. The van der Waals surface area contributed by atoms with Crippen molar-refractivity contribution in [3.8, 4) is 0 Å². The number of nitrogens with zero attached hydrogens (tertiary/aromatic N) is 1. The molecule has 0 aromatic heterocycles. The van der Waals surface area contributed by atoms with Crippen molar-refractivity contribution in [2.24, 2.45) is 0 Å². The zero-order chi connectivity index (χ0) is 12.7. The predicted molar refractivity (Wildman–Crippen MR) is 66.7 cm³/mol. The molecule has 16 heavy (non-hydrogen) atoms. The van der Waals surface area contributed by atoms with E-state index in [0.29, 0.717) is 6.42 Å². The molecule has 94 valence electrons. The van der Waals surface area contributed by atoms with Crippen LogP contribution >= 0.6 is 11.8 Å². The van der Waals surface area contributed by atoms with Gasteiger partial charge in [-0.25, -0.2) is 4.79 Å². The van der Waals surface area contributed by atoms with E-state index < -0.39 is 12.0 Å². The fourth-order valence-corrected chi connectivity index (χ4v) is 2.34. The molecule has 0 aliphatic carbocycles. The predicted octanol–water partition coefficient (Wildman–Crippen LogP) is 1.84. The van der Waals surface area contributed by atoms with Crippen molar-refractivity contribution >= 4 is 23.6 Å². The van der Waals surface area contributed by atoms with Crippen LogP contribution < -0.4 is 0 Å². The van der Waals surface area contributed by atoms with Gasteiger partial charge in [0.1, 0.15) is 6.04 Å². The highest BCUT2D eigenvalue weighted by molar-refractivity contribution is 7.99. The van der Waals surface area contributed by atoms with Gasteiger partial charge in [0.2, 0.25) is 5.91 Å². The van der Waals surface area contributed by atoms with Crippen LogP contribution in [0.25, 0.3) is 0 Å². The Labute approximate surface area is 101 Å². The van der Waals surface area contributed by atoms with Gasteiger partial charge >= 0.3 is 5.97 Å². The number of carbonyl (C=O) groups excluding carboxylic acids is 1. The lowest BCUT2D eigenvalue weighted by Gasteiger charge is -2.31. The van der Waals surface area contributed by atoms with Gasteiger partial charge in [-0.2, -0.15) is 11.8 Å². The van der Waals surface area contributed by atoms with E-state index in [1.165, 1.54) is 11.8 Å². The Bertz CT molecular complexity index is 243. The third-order valence-corrected chi connectivity index (χ3v) is 3.21. The Morgan fingerprint density at radius 1 is 1.38 bits per heavy atom. The SMILES string of the molecule is CCSCCC(C(=O)O)N(C(C)=O)C(C)C. The summed E-state index contributed by atoms with van der Waals surface area (Å²) in [6.07, 6.45) is 0.506. The number of aliphatic carboxylic acids is 1. The number of thioether (sulfide) groups is 1. The fraction of sp³-hybridized carbons (Fsp3) is 0.818. The molecule has 0 aliphatic heterocycles. The number of hydrogen-bond acceptors (Lipinski definition) is 3. The van der Waals surface area contributed by atoms with Crippen LogP contribution in [0, 0.1) is 0 Å². The quantitative estimate of drug-likeness (QED) is 0.697. The summed E-state index contributed by atoms with van der Waals surface area (Å²) in [5, 5.41) is 9.14. The van der Waals surface area contributed by atoms with Crippen molar-refractivity contribution in [1.82, 2.24) is 4.90 Å². The lowest BCUT2D eigenvalue weighted by Crippen LogP contribution is -2.48.